The van der Waals surface area contributed by atoms with Crippen LogP contribution in [0.25, 0.3) is 0 Å². The third kappa shape index (κ3) is 4.57. The highest BCUT2D eigenvalue weighted by Gasteiger charge is 2.23. The Hall–Kier alpha value is -3.85. The van der Waals surface area contributed by atoms with Gasteiger partial charge in [0.2, 0.25) is 5.78 Å². The molecule has 4 N–H and O–H groups in total. The highest BCUT2D eigenvalue weighted by Crippen LogP contribution is 2.23. The van der Waals surface area contributed by atoms with Gasteiger partial charge in [-0.3, -0.25) is 23.5 Å². The molecule has 1 aromatic heterocycles. The summed E-state index contributed by atoms with van der Waals surface area (Å²) in [6.45, 7) is 1.14. The average Bonchev–Trinajstić information content (AvgIpc) is 2.76. The molecule has 3 aromatic rings. The second-order valence-electron chi connectivity index (χ2n) is 6.88. The number of hydrogen-bond donors (Lipinski definition) is 2. The fraction of sp³-hybridized carbons (Fsp3) is 0.182. The van der Waals surface area contributed by atoms with E-state index in [0.717, 1.165) is 10.1 Å². The number of benzene rings is 2. The van der Waals surface area contributed by atoms with Gasteiger partial charge in [-0.1, -0.05) is 41.9 Å². The molecule has 1 amide bonds. The number of amides is 1. The van der Waals surface area contributed by atoms with E-state index < -0.39 is 29.5 Å². The molecule has 0 unspecified atom stereocenters. The van der Waals surface area contributed by atoms with Crippen LogP contribution in [0.3, 0.4) is 0 Å². The molecule has 0 radical (unpaired) electrons. The van der Waals surface area contributed by atoms with Crippen LogP contribution in [0, 0.1) is 0 Å². The third-order valence-corrected chi connectivity index (χ3v) is 5.05. The summed E-state index contributed by atoms with van der Waals surface area (Å²) in [5, 5.41) is 0.264. The number of ketones is 1. The molecule has 0 saturated carbocycles. The summed E-state index contributed by atoms with van der Waals surface area (Å²) in [6, 6.07) is 13.2. The molecule has 1 heterocycles. The number of halogens is 1. The van der Waals surface area contributed by atoms with E-state index in [1.807, 2.05) is 6.07 Å². The zero-order valence-corrected chi connectivity index (χ0v) is 18.0. The van der Waals surface area contributed by atoms with E-state index in [-0.39, 0.29) is 40.8 Å². The summed E-state index contributed by atoms with van der Waals surface area (Å²) in [6.07, 6.45) is 0. The molecule has 10 heteroatoms. The minimum atomic E-state index is -0.806. The van der Waals surface area contributed by atoms with E-state index in [4.69, 9.17) is 27.8 Å². The number of rotatable bonds is 8. The van der Waals surface area contributed by atoms with E-state index in [9.17, 15) is 19.2 Å². The number of nitrogens with zero attached hydrogens (tertiary/aromatic N) is 2. The average molecular weight is 457 g/mol. The van der Waals surface area contributed by atoms with Gasteiger partial charge in [0.1, 0.15) is 17.1 Å². The van der Waals surface area contributed by atoms with Gasteiger partial charge in [-0.15, -0.1) is 0 Å². The molecular formula is C22H21ClN4O5. The first-order valence-corrected chi connectivity index (χ1v) is 10.0. The van der Waals surface area contributed by atoms with Crippen LogP contribution in [0.1, 0.15) is 33.2 Å². The molecule has 3 rings (SSSR count). The number of primary amides is 1. The number of anilines is 1. The Labute approximate surface area is 187 Å². The minimum absolute atomic E-state index is 0.0155. The molecule has 32 heavy (non-hydrogen) atoms. The first-order valence-electron chi connectivity index (χ1n) is 9.67. The first-order chi connectivity index (χ1) is 15.2. The van der Waals surface area contributed by atoms with Crippen LogP contribution in [0.5, 0.6) is 5.75 Å². The Kier molecular flexibility index (Phi) is 6.79. The van der Waals surface area contributed by atoms with Gasteiger partial charge in [-0.05, 0) is 30.7 Å². The number of hydrogen-bond acceptors (Lipinski definition) is 6. The summed E-state index contributed by atoms with van der Waals surface area (Å²) in [4.78, 5) is 50.2. The number of Topliss-reactive ketones (excluding diaryl/α,β-unsaturated/α-hetero) is 1. The van der Waals surface area contributed by atoms with E-state index in [2.05, 4.69) is 0 Å². The lowest BCUT2D eigenvalue weighted by molar-refractivity contribution is 0.0910. The summed E-state index contributed by atoms with van der Waals surface area (Å²) in [7, 11) is 0. The molecule has 9 nitrogen and oxygen atoms in total. The maximum atomic E-state index is 12.9. The molecule has 0 bridgehead atoms. The Morgan fingerprint density at radius 2 is 1.75 bits per heavy atom. The van der Waals surface area contributed by atoms with Crippen molar-refractivity contribution in [2.45, 2.75) is 20.0 Å². The van der Waals surface area contributed by atoms with E-state index >= 15 is 0 Å². The summed E-state index contributed by atoms with van der Waals surface area (Å²) < 4.78 is 7.55. The van der Waals surface area contributed by atoms with E-state index in [0.29, 0.717) is 0 Å². The fourth-order valence-corrected chi connectivity index (χ4v) is 3.38. The van der Waals surface area contributed by atoms with Crippen LogP contribution in [-0.4, -0.2) is 27.4 Å². The summed E-state index contributed by atoms with van der Waals surface area (Å²) >= 11 is 5.87. The highest BCUT2D eigenvalue weighted by atomic mass is 35.5. The molecular weight excluding hydrogens is 436 g/mol. The molecule has 0 atom stereocenters. The SMILES string of the molecule is CCn1c(=O)c(C(=O)COc2ccc(Cl)cc2C(N)=O)c(N)n(Cc2ccccc2)c1=O. The molecule has 0 saturated heterocycles. The molecule has 2 aromatic carbocycles. The highest BCUT2D eigenvalue weighted by molar-refractivity contribution is 6.31. The van der Waals surface area contributed by atoms with Crippen molar-refractivity contribution < 1.29 is 14.3 Å². The van der Waals surface area contributed by atoms with Gasteiger partial charge in [-0.2, -0.15) is 0 Å². The first kappa shape index (κ1) is 22.8. The molecule has 166 valence electrons. The topological polar surface area (TPSA) is 139 Å². The van der Waals surface area contributed by atoms with Gasteiger partial charge in [0.15, 0.2) is 6.61 Å². The van der Waals surface area contributed by atoms with Crippen molar-refractivity contribution in [1.82, 2.24) is 9.13 Å². The quantitative estimate of drug-likeness (QED) is 0.494. The fourth-order valence-electron chi connectivity index (χ4n) is 3.21. The van der Waals surface area contributed by atoms with Crippen LogP contribution >= 0.6 is 11.6 Å². The van der Waals surface area contributed by atoms with E-state index in [1.54, 1.807) is 31.2 Å². The van der Waals surface area contributed by atoms with Crippen molar-refractivity contribution in [2.75, 3.05) is 12.3 Å². The van der Waals surface area contributed by atoms with Crippen LogP contribution in [0.4, 0.5) is 5.82 Å². The predicted octanol–water partition coefficient (Wildman–Crippen LogP) is 1.67. The normalized spacial score (nSPS) is 10.7. The standard InChI is InChI=1S/C22H21ClN4O5/c1-2-26-21(30)18(19(24)27(22(26)31)11-13-6-4-3-5-7-13)16(28)12-32-17-9-8-14(23)10-15(17)20(25)29/h3-10H,2,11-12,24H2,1H3,(H2,25,29). The van der Waals surface area contributed by atoms with Crippen LogP contribution < -0.4 is 27.5 Å². The Morgan fingerprint density at radius 3 is 2.38 bits per heavy atom. The number of aromatic nitrogens is 2. The van der Waals surface area contributed by atoms with Gasteiger partial charge >= 0.3 is 5.69 Å². The van der Waals surface area contributed by atoms with Crippen molar-refractivity contribution in [2.24, 2.45) is 5.73 Å². The molecule has 0 aliphatic rings. The van der Waals surface area contributed by atoms with Crippen LogP contribution in [0.2, 0.25) is 5.02 Å². The molecule has 0 spiro atoms. The Bertz CT molecular complexity index is 1300. The predicted molar refractivity (Wildman–Crippen MR) is 120 cm³/mol. The molecule has 0 aliphatic heterocycles. The van der Waals surface area contributed by atoms with Gasteiger partial charge in [0.25, 0.3) is 11.5 Å². The minimum Gasteiger partial charge on any atom is -0.485 e. The molecule has 0 fully saturated rings. The van der Waals surface area contributed by atoms with Crippen LogP contribution in [0.15, 0.2) is 58.1 Å². The van der Waals surface area contributed by atoms with Gasteiger partial charge in [0, 0.05) is 11.6 Å². The number of nitrogen functional groups attached to an aromatic ring is 1. The largest absolute Gasteiger partial charge is 0.485 e. The van der Waals surface area contributed by atoms with Crippen molar-refractivity contribution in [3.63, 3.8) is 0 Å². The number of ether oxygens (including phenoxy) is 1. The number of carbonyl (C=O) groups excluding carboxylic acids is 2. The monoisotopic (exact) mass is 456 g/mol. The van der Waals surface area contributed by atoms with Crippen LogP contribution in [-0.2, 0) is 13.1 Å². The zero-order chi connectivity index (χ0) is 23.4. The second-order valence-corrected chi connectivity index (χ2v) is 7.32. The Morgan fingerprint density at radius 1 is 1.06 bits per heavy atom. The number of nitrogens with two attached hydrogens (primary N) is 2. The maximum Gasteiger partial charge on any atom is 0.332 e. The Balaban J connectivity index is 1.99. The van der Waals surface area contributed by atoms with Crippen molar-refractivity contribution in [3.8, 4) is 5.75 Å². The lowest BCUT2D eigenvalue weighted by Gasteiger charge is -2.16. The third-order valence-electron chi connectivity index (χ3n) is 4.81. The summed E-state index contributed by atoms with van der Waals surface area (Å²) in [5.41, 5.74) is 10.4. The smallest absolute Gasteiger partial charge is 0.332 e. The maximum absolute atomic E-state index is 12.9. The van der Waals surface area contributed by atoms with Gasteiger partial charge in [0.05, 0.1) is 12.1 Å². The zero-order valence-electron chi connectivity index (χ0n) is 17.2. The summed E-state index contributed by atoms with van der Waals surface area (Å²) in [5.74, 6) is -1.77. The van der Waals surface area contributed by atoms with E-state index in [1.165, 1.54) is 22.8 Å². The van der Waals surface area contributed by atoms with Gasteiger partial charge in [-0.25, -0.2) is 4.79 Å². The van der Waals surface area contributed by atoms with Gasteiger partial charge < -0.3 is 16.2 Å². The lowest BCUT2D eigenvalue weighted by Crippen LogP contribution is -2.44. The number of carbonyl (C=O) groups is 2. The van der Waals surface area contributed by atoms with Crippen molar-refractivity contribution in [1.29, 1.82) is 0 Å². The molecule has 0 aliphatic carbocycles. The lowest BCUT2D eigenvalue weighted by atomic mass is 10.1. The van der Waals surface area contributed by atoms with Crippen molar-refractivity contribution in [3.05, 3.63) is 91.1 Å². The second kappa shape index (κ2) is 9.52. The van der Waals surface area contributed by atoms with Crippen molar-refractivity contribution >= 4 is 29.1 Å².